The molecule has 0 spiro atoms. The summed E-state index contributed by atoms with van der Waals surface area (Å²) in [5.74, 6) is 0.771. The Morgan fingerprint density at radius 2 is 2.00 bits per heavy atom. The second-order valence-corrected chi connectivity index (χ2v) is 2.29. The highest BCUT2D eigenvalue weighted by Gasteiger charge is 1.80. The minimum Gasteiger partial charge on any atom is -0.495 e. The fourth-order valence-corrected chi connectivity index (χ4v) is 0.351. The van der Waals surface area contributed by atoms with Gasteiger partial charge in [0.1, 0.15) is 6.61 Å². The van der Waals surface area contributed by atoms with E-state index in [1.807, 2.05) is 26.8 Å². The fraction of sp³-hybridized carbons (Fsp3) is 0.500. The van der Waals surface area contributed by atoms with E-state index in [1.165, 1.54) is 5.57 Å². The minimum absolute atomic E-state index is 0.650. The van der Waals surface area contributed by atoms with Crippen molar-refractivity contribution in [3.8, 4) is 0 Å². The van der Waals surface area contributed by atoms with Crippen molar-refractivity contribution in [1.29, 1.82) is 0 Å². The first kappa shape index (κ1) is 8.28. The predicted octanol–water partition coefficient (Wildman–Crippen LogP) is 2.50. The SMILES string of the molecule is C=C(C)OCC=C(C)C. The van der Waals surface area contributed by atoms with Gasteiger partial charge in [0.15, 0.2) is 0 Å². The highest BCUT2D eigenvalue weighted by atomic mass is 16.5. The molecule has 0 fully saturated rings. The van der Waals surface area contributed by atoms with Crippen molar-refractivity contribution in [3.63, 3.8) is 0 Å². The Kier molecular flexibility index (Phi) is 3.85. The van der Waals surface area contributed by atoms with E-state index in [4.69, 9.17) is 4.74 Å². The summed E-state index contributed by atoms with van der Waals surface area (Å²) in [6.07, 6.45) is 2.02. The van der Waals surface area contributed by atoms with E-state index in [-0.39, 0.29) is 0 Å². The van der Waals surface area contributed by atoms with Crippen LogP contribution in [0.2, 0.25) is 0 Å². The number of rotatable bonds is 3. The average molecular weight is 126 g/mol. The highest BCUT2D eigenvalue weighted by molar-refractivity contribution is 4.93. The summed E-state index contributed by atoms with van der Waals surface area (Å²) in [4.78, 5) is 0. The quantitative estimate of drug-likeness (QED) is 0.417. The Morgan fingerprint density at radius 3 is 2.33 bits per heavy atom. The van der Waals surface area contributed by atoms with Gasteiger partial charge < -0.3 is 4.74 Å². The molecule has 0 rings (SSSR count). The maximum absolute atomic E-state index is 5.08. The summed E-state index contributed by atoms with van der Waals surface area (Å²) in [7, 11) is 0. The van der Waals surface area contributed by atoms with Gasteiger partial charge in [0.2, 0.25) is 0 Å². The van der Waals surface area contributed by atoms with Gasteiger partial charge >= 0.3 is 0 Å². The third-order valence-electron chi connectivity index (χ3n) is 0.821. The molecule has 0 saturated heterocycles. The van der Waals surface area contributed by atoms with E-state index in [0.29, 0.717) is 6.61 Å². The van der Waals surface area contributed by atoms with Crippen LogP contribution in [-0.4, -0.2) is 6.61 Å². The van der Waals surface area contributed by atoms with Crippen LogP contribution in [0, 0.1) is 0 Å². The van der Waals surface area contributed by atoms with Gasteiger partial charge in [-0.3, -0.25) is 0 Å². The number of hydrogen-bond donors (Lipinski definition) is 0. The molecule has 0 radical (unpaired) electrons. The van der Waals surface area contributed by atoms with Crippen molar-refractivity contribution in [2.45, 2.75) is 20.8 Å². The fourth-order valence-electron chi connectivity index (χ4n) is 0.351. The monoisotopic (exact) mass is 126 g/mol. The molecule has 0 aromatic heterocycles. The molecule has 9 heavy (non-hydrogen) atoms. The van der Waals surface area contributed by atoms with Gasteiger partial charge in [-0.15, -0.1) is 0 Å². The zero-order chi connectivity index (χ0) is 7.28. The molecule has 0 aromatic rings. The lowest BCUT2D eigenvalue weighted by Gasteiger charge is -1.99. The lowest BCUT2D eigenvalue weighted by Crippen LogP contribution is -1.86. The molecule has 0 amide bonds. The van der Waals surface area contributed by atoms with Crippen molar-refractivity contribution in [1.82, 2.24) is 0 Å². The number of ether oxygens (including phenoxy) is 1. The van der Waals surface area contributed by atoms with Gasteiger partial charge in [-0.1, -0.05) is 12.2 Å². The van der Waals surface area contributed by atoms with Gasteiger partial charge in [-0.05, 0) is 26.8 Å². The number of hydrogen-bond acceptors (Lipinski definition) is 1. The van der Waals surface area contributed by atoms with Gasteiger partial charge in [0.05, 0.1) is 5.76 Å². The van der Waals surface area contributed by atoms with E-state index in [2.05, 4.69) is 6.58 Å². The van der Waals surface area contributed by atoms with Crippen LogP contribution in [0.25, 0.3) is 0 Å². The van der Waals surface area contributed by atoms with E-state index in [0.717, 1.165) is 5.76 Å². The Hall–Kier alpha value is -0.720. The van der Waals surface area contributed by atoms with Gasteiger partial charge in [-0.2, -0.15) is 0 Å². The molecule has 1 nitrogen and oxygen atoms in total. The molecule has 0 aliphatic rings. The Labute approximate surface area is 57.0 Å². The number of allylic oxidation sites excluding steroid dienone is 2. The molecule has 0 unspecified atom stereocenters. The third-order valence-corrected chi connectivity index (χ3v) is 0.821. The molecule has 0 bridgehead atoms. The standard InChI is InChI=1S/C8H14O/c1-7(2)5-6-9-8(3)4/h5H,3,6H2,1-2,4H3. The van der Waals surface area contributed by atoms with Gasteiger partial charge in [-0.25, -0.2) is 0 Å². The van der Waals surface area contributed by atoms with E-state index >= 15 is 0 Å². The smallest absolute Gasteiger partial charge is 0.106 e. The molecule has 0 saturated carbocycles. The van der Waals surface area contributed by atoms with Crippen molar-refractivity contribution in [2.75, 3.05) is 6.61 Å². The van der Waals surface area contributed by atoms with Crippen LogP contribution < -0.4 is 0 Å². The van der Waals surface area contributed by atoms with Crippen LogP contribution in [0.15, 0.2) is 24.0 Å². The maximum Gasteiger partial charge on any atom is 0.106 e. The lowest BCUT2D eigenvalue weighted by atomic mass is 10.3. The van der Waals surface area contributed by atoms with Crippen molar-refractivity contribution < 1.29 is 4.74 Å². The van der Waals surface area contributed by atoms with Gasteiger partial charge in [0.25, 0.3) is 0 Å². The zero-order valence-corrected chi connectivity index (χ0v) is 6.40. The summed E-state index contributed by atoms with van der Waals surface area (Å²) >= 11 is 0. The zero-order valence-electron chi connectivity index (χ0n) is 6.40. The van der Waals surface area contributed by atoms with Crippen molar-refractivity contribution in [3.05, 3.63) is 24.0 Å². The van der Waals surface area contributed by atoms with Crippen molar-refractivity contribution >= 4 is 0 Å². The van der Waals surface area contributed by atoms with Gasteiger partial charge in [0, 0.05) is 0 Å². The first-order valence-corrected chi connectivity index (χ1v) is 3.04. The molecule has 0 N–H and O–H groups in total. The summed E-state index contributed by atoms with van der Waals surface area (Å²) in [5, 5.41) is 0. The maximum atomic E-state index is 5.08. The van der Waals surface area contributed by atoms with Crippen LogP contribution in [0.4, 0.5) is 0 Å². The van der Waals surface area contributed by atoms with Crippen LogP contribution in [0.1, 0.15) is 20.8 Å². The van der Waals surface area contributed by atoms with Crippen LogP contribution in [-0.2, 0) is 4.74 Å². The summed E-state index contributed by atoms with van der Waals surface area (Å²) in [5.41, 5.74) is 1.27. The van der Waals surface area contributed by atoms with E-state index in [1.54, 1.807) is 0 Å². The van der Waals surface area contributed by atoms with Crippen LogP contribution in [0.5, 0.6) is 0 Å². The molecule has 0 heterocycles. The lowest BCUT2D eigenvalue weighted by molar-refractivity contribution is 0.251. The average Bonchev–Trinajstić information content (AvgIpc) is 1.63. The second kappa shape index (κ2) is 4.19. The Morgan fingerprint density at radius 1 is 1.44 bits per heavy atom. The molecule has 0 aromatic carbocycles. The van der Waals surface area contributed by atoms with Crippen LogP contribution >= 0.6 is 0 Å². The third kappa shape index (κ3) is 7.28. The Balaban J connectivity index is 3.31. The molecule has 52 valence electrons. The molecule has 0 aliphatic heterocycles. The normalized spacial score (nSPS) is 8.33. The molecule has 0 atom stereocenters. The Bertz CT molecular complexity index is 119. The summed E-state index contributed by atoms with van der Waals surface area (Å²) in [6.45, 7) is 10.2. The summed E-state index contributed by atoms with van der Waals surface area (Å²) < 4.78 is 5.08. The highest BCUT2D eigenvalue weighted by Crippen LogP contribution is 1.93. The molecule has 0 aliphatic carbocycles. The first-order valence-electron chi connectivity index (χ1n) is 3.04. The van der Waals surface area contributed by atoms with E-state index in [9.17, 15) is 0 Å². The van der Waals surface area contributed by atoms with Crippen LogP contribution in [0.3, 0.4) is 0 Å². The topological polar surface area (TPSA) is 9.23 Å². The molecular formula is C8H14O. The summed E-state index contributed by atoms with van der Waals surface area (Å²) in [6, 6.07) is 0. The minimum atomic E-state index is 0.650. The largest absolute Gasteiger partial charge is 0.495 e. The second-order valence-electron chi connectivity index (χ2n) is 2.29. The van der Waals surface area contributed by atoms with E-state index < -0.39 is 0 Å². The molecular weight excluding hydrogens is 112 g/mol. The predicted molar refractivity (Wildman–Crippen MR) is 40.2 cm³/mol. The molecule has 1 heteroatoms. The first-order chi connectivity index (χ1) is 4.13. The van der Waals surface area contributed by atoms with Crippen molar-refractivity contribution in [2.24, 2.45) is 0 Å².